The molecule has 0 spiro atoms. The van der Waals surface area contributed by atoms with Crippen LogP contribution in [0.1, 0.15) is 12.8 Å². The van der Waals surface area contributed by atoms with Crippen molar-refractivity contribution in [1.82, 2.24) is 10.0 Å². The van der Waals surface area contributed by atoms with E-state index in [1.54, 1.807) is 0 Å². The lowest BCUT2D eigenvalue weighted by atomic mass is 10.1. The number of carbonyl (C=O) groups is 1. The minimum absolute atomic E-state index is 0.301. The highest BCUT2D eigenvalue weighted by molar-refractivity contribution is 5.54. The Morgan fingerprint density at radius 2 is 2.00 bits per heavy atom. The average Bonchev–Trinajstić information content (AvgIpc) is 2.32. The van der Waals surface area contributed by atoms with E-state index in [2.05, 4.69) is 10.0 Å². The summed E-state index contributed by atoms with van der Waals surface area (Å²) in [6, 6.07) is 0. The Hall–Kier alpha value is -0.410. The van der Waals surface area contributed by atoms with E-state index in [-0.39, 0.29) is 0 Å². The minimum atomic E-state index is 0.301. The zero-order valence-corrected chi connectivity index (χ0v) is 6.70. The molecule has 3 heteroatoms. The molecule has 2 heterocycles. The van der Waals surface area contributed by atoms with Crippen LogP contribution in [0.3, 0.4) is 0 Å². The Morgan fingerprint density at radius 3 is 2.45 bits per heavy atom. The summed E-state index contributed by atoms with van der Waals surface area (Å²) in [4.78, 5) is 10.4. The second kappa shape index (κ2) is 2.91. The van der Waals surface area contributed by atoms with E-state index < -0.39 is 0 Å². The molecule has 1 unspecified atom stereocenters. The van der Waals surface area contributed by atoms with Crippen molar-refractivity contribution in [3.05, 3.63) is 0 Å². The summed E-state index contributed by atoms with van der Waals surface area (Å²) in [6.45, 7) is 4.45. The van der Waals surface area contributed by atoms with Crippen LogP contribution in [0.4, 0.5) is 0 Å². The highest BCUT2D eigenvalue weighted by atomic mass is 16.1. The van der Waals surface area contributed by atoms with Gasteiger partial charge in [-0.1, -0.05) is 0 Å². The second-order valence-electron chi connectivity index (χ2n) is 3.40. The SMILES string of the molecule is O=CC1CCN(N2CCC2)C1. The molecular weight excluding hydrogens is 140 g/mol. The predicted octanol–water partition coefficient (Wildman–Crippen LogP) is 0.128. The third-order valence-electron chi connectivity index (χ3n) is 2.63. The van der Waals surface area contributed by atoms with Crippen molar-refractivity contribution < 1.29 is 4.79 Å². The minimum Gasteiger partial charge on any atom is -0.303 e. The Bertz CT molecular complexity index is 156. The van der Waals surface area contributed by atoms with Crippen molar-refractivity contribution >= 4 is 6.29 Å². The molecule has 0 saturated carbocycles. The van der Waals surface area contributed by atoms with Gasteiger partial charge in [-0.2, -0.15) is 0 Å². The van der Waals surface area contributed by atoms with Gasteiger partial charge in [-0.25, -0.2) is 10.0 Å². The maximum absolute atomic E-state index is 10.4. The lowest BCUT2D eigenvalue weighted by molar-refractivity contribution is -0.112. The molecule has 11 heavy (non-hydrogen) atoms. The highest BCUT2D eigenvalue weighted by Gasteiger charge is 2.28. The van der Waals surface area contributed by atoms with Gasteiger partial charge in [-0.3, -0.25) is 0 Å². The molecule has 62 valence electrons. The Labute approximate surface area is 66.9 Å². The summed E-state index contributed by atoms with van der Waals surface area (Å²) in [6.07, 6.45) is 3.47. The highest BCUT2D eigenvalue weighted by Crippen LogP contribution is 2.19. The number of carbonyl (C=O) groups excluding carboxylic acids is 1. The first-order chi connectivity index (χ1) is 5.40. The summed E-state index contributed by atoms with van der Waals surface area (Å²) in [5.74, 6) is 0.301. The zero-order chi connectivity index (χ0) is 7.68. The van der Waals surface area contributed by atoms with E-state index in [0.717, 1.165) is 25.8 Å². The number of hydrogen-bond acceptors (Lipinski definition) is 3. The topological polar surface area (TPSA) is 23.6 Å². The molecule has 0 aliphatic carbocycles. The first-order valence-electron chi connectivity index (χ1n) is 4.35. The summed E-state index contributed by atoms with van der Waals surface area (Å²) in [5.41, 5.74) is 0. The predicted molar refractivity (Wildman–Crippen MR) is 41.9 cm³/mol. The molecule has 0 N–H and O–H groups in total. The third kappa shape index (κ3) is 1.30. The molecule has 0 amide bonds. The molecular formula is C8H14N2O. The largest absolute Gasteiger partial charge is 0.303 e. The van der Waals surface area contributed by atoms with E-state index in [4.69, 9.17) is 0 Å². The molecule has 2 fully saturated rings. The van der Waals surface area contributed by atoms with Gasteiger partial charge in [-0.15, -0.1) is 0 Å². The zero-order valence-electron chi connectivity index (χ0n) is 6.70. The normalized spacial score (nSPS) is 33.6. The van der Waals surface area contributed by atoms with Crippen LogP contribution in [0, 0.1) is 5.92 Å². The van der Waals surface area contributed by atoms with Gasteiger partial charge in [0.05, 0.1) is 0 Å². The molecule has 0 radical (unpaired) electrons. The van der Waals surface area contributed by atoms with Crippen LogP contribution in [0.15, 0.2) is 0 Å². The monoisotopic (exact) mass is 154 g/mol. The van der Waals surface area contributed by atoms with E-state index in [0.29, 0.717) is 5.92 Å². The Balaban J connectivity index is 1.83. The standard InChI is InChI=1S/C8H14N2O/c11-7-8-2-5-10(6-8)9-3-1-4-9/h7-8H,1-6H2. The fraction of sp³-hybridized carbons (Fsp3) is 0.875. The quantitative estimate of drug-likeness (QED) is 0.528. The molecule has 1 atom stereocenters. The smallest absolute Gasteiger partial charge is 0.124 e. The summed E-state index contributed by atoms with van der Waals surface area (Å²) >= 11 is 0. The van der Waals surface area contributed by atoms with Crippen LogP contribution in [0.25, 0.3) is 0 Å². The van der Waals surface area contributed by atoms with Gasteiger partial charge >= 0.3 is 0 Å². The molecule has 3 nitrogen and oxygen atoms in total. The fourth-order valence-corrected chi connectivity index (χ4v) is 1.72. The number of hydrazine groups is 1. The number of hydrogen-bond donors (Lipinski definition) is 0. The molecule has 0 aromatic heterocycles. The first-order valence-corrected chi connectivity index (χ1v) is 4.35. The molecule has 2 aliphatic rings. The number of rotatable bonds is 2. The number of aldehydes is 1. The fourth-order valence-electron chi connectivity index (χ4n) is 1.72. The van der Waals surface area contributed by atoms with Crippen LogP contribution >= 0.6 is 0 Å². The molecule has 0 aromatic rings. The lowest BCUT2D eigenvalue weighted by Gasteiger charge is -2.38. The van der Waals surface area contributed by atoms with Crippen molar-refractivity contribution in [3.63, 3.8) is 0 Å². The third-order valence-corrected chi connectivity index (χ3v) is 2.63. The van der Waals surface area contributed by atoms with Crippen LogP contribution in [0.2, 0.25) is 0 Å². The van der Waals surface area contributed by atoms with Gasteiger partial charge in [0.15, 0.2) is 0 Å². The van der Waals surface area contributed by atoms with Crippen LogP contribution in [-0.4, -0.2) is 42.5 Å². The van der Waals surface area contributed by atoms with Gasteiger partial charge in [0.25, 0.3) is 0 Å². The van der Waals surface area contributed by atoms with Crippen molar-refractivity contribution in [3.8, 4) is 0 Å². The van der Waals surface area contributed by atoms with Gasteiger partial charge in [0.2, 0.25) is 0 Å². The summed E-state index contributed by atoms with van der Waals surface area (Å²) in [7, 11) is 0. The second-order valence-corrected chi connectivity index (χ2v) is 3.40. The molecule has 0 aromatic carbocycles. The molecule has 0 bridgehead atoms. The van der Waals surface area contributed by atoms with Crippen molar-refractivity contribution in [2.45, 2.75) is 12.8 Å². The van der Waals surface area contributed by atoms with Crippen molar-refractivity contribution in [2.24, 2.45) is 5.92 Å². The van der Waals surface area contributed by atoms with Gasteiger partial charge in [0.1, 0.15) is 6.29 Å². The van der Waals surface area contributed by atoms with Gasteiger partial charge in [0, 0.05) is 32.1 Å². The van der Waals surface area contributed by atoms with E-state index >= 15 is 0 Å². The maximum atomic E-state index is 10.4. The van der Waals surface area contributed by atoms with Crippen molar-refractivity contribution in [2.75, 3.05) is 26.2 Å². The van der Waals surface area contributed by atoms with Gasteiger partial charge < -0.3 is 4.79 Å². The first kappa shape index (κ1) is 7.25. The van der Waals surface area contributed by atoms with E-state index in [1.807, 2.05) is 0 Å². The van der Waals surface area contributed by atoms with Crippen LogP contribution in [0.5, 0.6) is 0 Å². The summed E-state index contributed by atoms with van der Waals surface area (Å²) < 4.78 is 0. The summed E-state index contributed by atoms with van der Waals surface area (Å²) in [5, 5.41) is 4.67. The average molecular weight is 154 g/mol. The Kier molecular flexibility index (Phi) is 1.92. The maximum Gasteiger partial charge on any atom is 0.124 e. The van der Waals surface area contributed by atoms with E-state index in [9.17, 15) is 4.79 Å². The number of nitrogens with zero attached hydrogens (tertiary/aromatic N) is 2. The van der Waals surface area contributed by atoms with Crippen LogP contribution < -0.4 is 0 Å². The molecule has 2 aliphatic heterocycles. The molecule has 2 saturated heterocycles. The van der Waals surface area contributed by atoms with Gasteiger partial charge in [-0.05, 0) is 12.8 Å². The van der Waals surface area contributed by atoms with Crippen LogP contribution in [-0.2, 0) is 4.79 Å². The molecule has 2 rings (SSSR count). The van der Waals surface area contributed by atoms with E-state index in [1.165, 1.54) is 19.5 Å². The lowest BCUT2D eigenvalue weighted by Crippen LogP contribution is -2.49. The Morgan fingerprint density at radius 1 is 1.18 bits per heavy atom. The van der Waals surface area contributed by atoms with Crippen molar-refractivity contribution in [1.29, 1.82) is 0 Å².